The highest BCUT2D eigenvalue weighted by molar-refractivity contribution is 14.1. The Morgan fingerprint density at radius 1 is 1.39 bits per heavy atom. The van der Waals surface area contributed by atoms with Crippen LogP contribution in [0.4, 0.5) is 10.1 Å². The number of benzene rings is 1. The summed E-state index contributed by atoms with van der Waals surface area (Å²) in [5.41, 5.74) is 0.417. The third-order valence-electron chi connectivity index (χ3n) is 2.21. The quantitative estimate of drug-likeness (QED) is 0.558. The molecule has 0 aliphatic carbocycles. The second-order valence-corrected chi connectivity index (χ2v) is 6.76. The molecule has 18 heavy (non-hydrogen) atoms. The molecule has 0 unspecified atom stereocenters. The normalized spacial score (nSPS) is 11.5. The van der Waals surface area contributed by atoms with Gasteiger partial charge in [-0.25, -0.2) is 12.8 Å². The lowest BCUT2D eigenvalue weighted by Crippen LogP contribution is -2.22. The minimum atomic E-state index is -3.37. The minimum Gasteiger partial charge on any atom is -0.317 e. The van der Waals surface area contributed by atoms with Crippen molar-refractivity contribution in [1.82, 2.24) is 5.32 Å². The number of rotatable bonds is 7. The van der Waals surface area contributed by atoms with Gasteiger partial charge in [-0.1, -0.05) is 6.92 Å². The number of hydrogen-bond donors (Lipinski definition) is 2. The number of nitrogens with one attached hydrogen (secondary N) is 2. The van der Waals surface area contributed by atoms with Crippen molar-refractivity contribution in [3.63, 3.8) is 0 Å². The molecule has 0 atom stereocenters. The maximum absolute atomic E-state index is 12.9. The average molecular weight is 386 g/mol. The first-order chi connectivity index (χ1) is 8.44. The molecule has 1 aromatic rings. The van der Waals surface area contributed by atoms with Crippen LogP contribution in [-0.4, -0.2) is 27.3 Å². The molecule has 0 spiro atoms. The van der Waals surface area contributed by atoms with E-state index in [-0.39, 0.29) is 11.6 Å². The van der Waals surface area contributed by atoms with Crippen molar-refractivity contribution in [1.29, 1.82) is 0 Å². The van der Waals surface area contributed by atoms with Gasteiger partial charge < -0.3 is 5.32 Å². The average Bonchev–Trinajstić information content (AvgIpc) is 2.28. The smallest absolute Gasteiger partial charge is 0.232 e. The van der Waals surface area contributed by atoms with Gasteiger partial charge in [-0.2, -0.15) is 0 Å². The lowest BCUT2D eigenvalue weighted by atomic mass is 10.3. The molecule has 0 amide bonds. The van der Waals surface area contributed by atoms with Crippen LogP contribution in [0.3, 0.4) is 0 Å². The van der Waals surface area contributed by atoms with Crippen LogP contribution in [0, 0.1) is 9.39 Å². The maximum Gasteiger partial charge on any atom is 0.232 e. The molecule has 7 heteroatoms. The molecule has 1 rings (SSSR count). The monoisotopic (exact) mass is 386 g/mol. The number of sulfonamides is 1. The molecule has 0 fully saturated rings. The van der Waals surface area contributed by atoms with Gasteiger partial charge in [0, 0.05) is 3.57 Å². The molecule has 0 aliphatic rings. The minimum absolute atomic E-state index is 0.0491. The van der Waals surface area contributed by atoms with Crippen LogP contribution in [0.1, 0.15) is 13.3 Å². The van der Waals surface area contributed by atoms with E-state index in [2.05, 4.69) is 10.0 Å². The van der Waals surface area contributed by atoms with Crippen molar-refractivity contribution in [3.05, 3.63) is 27.6 Å². The van der Waals surface area contributed by atoms with Crippen molar-refractivity contribution >= 4 is 38.3 Å². The van der Waals surface area contributed by atoms with Gasteiger partial charge in [0.25, 0.3) is 0 Å². The second-order valence-electron chi connectivity index (χ2n) is 3.75. The SMILES string of the molecule is CCNCCCS(=O)(=O)Nc1ccc(F)cc1I. The molecule has 0 aliphatic heterocycles. The van der Waals surface area contributed by atoms with E-state index < -0.39 is 10.0 Å². The Hall–Kier alpha value is -0.410. The Morgan fingerprint density at radius 3 is 2.72 bits per heavy atom. The Kier molecular flexibility index (Phi) is 6.30. The van der Waals surface area contributed by atoms with Crippen molar-refractivity contribution in [2.24, 2.45) is 0 Å². The summed E-state index contributed by atoms with van der Waals surface area (Å²) in [4.78, 5) is 0. The molecular weight excluding hydrogens is 370 g/mol. The summed E-state index contributed by atoms with van der Waals surface area (Å²) in [6.07, 6.45) is 0.543. The van der Waals surface area contributed by atoms with E-state index in [9.17, 15) is 12.8 Å². The Bertz CT molecular complexity index is 494. The fourth-order valence-electron chi connectivity index (χ4n) is 1.35. The topological polar surface area (TPSA) is 58.2 Å². The third-order valence-corrected chi connectivity index (χ3v) is 4.46. The summed E-state index contributed by atoms with van der Waals surface area (Å²) >= 11 is 1.90. The van der Waals surface area contributed by atoms with E-state index in [4.69, 9.17) is 0 Å². The van der Waals surface area contributed by atoms with Crippen molar-refractivity contribution in [2.75, 3.05) is 23.6 Å². The molecule has 4 nitrogen and oxygen atoms in total. The molecule has 102 valence electrons. The largest absolute Gasteiger partial charge is 0.317 e. The van der Waals surface area contributed by atoms with Gasteiger partial charge in [-0.05, 0) is 60.3 Å². The van der Waals surface area contributed by atoms with Crippen LogP contribution >= 0.6 is 22.6 Å². The predicted octanol–water partition coefficient (Wildman–Crippen LogP) is 2.17. The Morgan fingerprint density at radius 2 is 2.11 bits per heavy atom. The highest BCUT2D eigenvalue weighted by Crippen LogP contribution is 2.20. The standard InChI is InChI=1S/C11H16FIN2O2S/c1-2-14-6-3-7-18(16,17)15-11-5-4-9(12)8-10(11)13/h4-5,8,14-15H,2-3,6-7H2,1H3. The van der Waals surface area contributed by atoms with Crippen LogP contribution in [0.5, 0.6) is 0 Å². The van der Waals surface area contributed by atoms with Crippen molar-refractivity contribution in [2.45, 2.75) is 13.3 Å². The van der Waals surface area contributed by atoms with Crippen LogP contribution in [-0.2, 0) is 10.0 Å². The lowest BCUT2D eigenvalue weighted by molar-refractivity contribution is 0.595. The number of anilines is 1. The molecule has 0 saturated carbocycles. The summed E-state index contributed by atoms with van der Waals surface area (Å²) in [7, 11) is -3.37. The first-order valence-electron chi connectivity index (χ1n) is 5.61. The fraction of sp³-hybridized carbons (Fsp3) is 0.455. The second kappa shape index (κ2) is 7.25. The van der Waals surface area contributed by atoms with Crippen LogP contribution < -0.4 is 10.0 Å². The molecule has 0 bridgehead atoms. The molecule has 0 heterocycles. The summed E-state index contributed by atoms with van der Waals surface area (Å²) in [6, 6.07) is 3.95. The lowest BCUT2D eigenvalue weighted by Gasteiger charge is -2.09. The summed E-state index contributed by atoms with van der Waals surface area (Å²) < 4.78 is 39.4. The van der Waals surface area contributed by atoms with Gasteiger partial charge in [-0.3, -0.25) is 4.72 Å². The predicted molar refractivity (Wildman–Crippen MR) is 79.7 cm³/mol. The summed E-state index contributed by atoms with van der Waals surface area (Å²) in [5.74, 6) is -0.331. The van der Waals surface area contributed by atoms with Crippen molar-refractivity contribution in [3.8, 4) is 0 Å². The molecule has 0 radical (unpaired) electrons. The van der Waals surface area contributed by atoms with Crippen LogP contribution in [0.2, 0.25) is 0 Å². The number of halogens is 2. The number of hydrogen-bond acceptors (Lipinski definition) is 3. The highest BCUT2D eigenvalue weighted by atomic mass is 127. The molecule has 0 aromatic heterocycles. The van der Waals surface area contributed by atoms with E-state index in [1.54, 1.807) is 0 Å². The van der Waals surface area contributed by atoms with Gasteiger partial charge in [-0.15, -0.1) is 0 Å². The molecule has 0 saturated heterocycles. The zero-order valence-electron chi connectivity index (χ0n) is 10.0. The summed E-state index contributed by atoms with van der Waals surface area (Å²) in [6.45, 7) is 3.45. The fourth-order valence-corrected chi connectivity index (χ4v) is 3.29. The maximum atomic E-state index is 12.9. The van der Waals surface area contributed by atoms with E-state index in [0.717, 1.165) is 6.54 Å². The first-order valence-corrected chi connectivity index (χ1v) is 8.34. The first kappa shape index (κ1) is 15.6. The third kappa shape index (κ3) is 5.49. The van der Waals surface area contributed by atoms with Gasteiger partial charge >= 0.3 is 0 Å². The Labute approximate surface area is 121 Å². The van der Waals surface area contributed by atoms with Gasteiger partial charge in [0.05, 0.1) is 11.4 Å². The van der Waals surface area contributed by atoms with Crippen LogP contribution in [0.25, 0.3) is 0 Å². The van der Waals surface area contributed by atoms with Crippen LogP contribution in [0.15, 0.2) is 18.2 Å². The zero-order chi connectivity index (χ0) is 13.6. The molecule has 2 N–H and O–H groups in total. The zero-order valence-corrected chi connectivity index (χ0v) is 13.0. The van der Waals surface area contributed by atoms with Crippen molar-refractivity contribution < 1.29 is 12.8 Å². The highest BCUT2D eigenvalue weighted by Gasteiger charge is 2.12. The Balaban J connectivity index is 2.59. The van der Waals surface area contributed by atoms with Gasteiger partial charge in [0.2, 0.25) is 10.0 Å². The van der Waals surface area contributed by atoms with Gasteiger partial charge in [0.15, 0.2) is 0 Å². The van der Waals surface area contributed by atoms with E-state index >= 15 is 0 Å². The molecular formula is C11H16FIN2O2S. The van der Waals surface area contributed by atoms with Gasteiger partial charge in [0.1, 0.15) is 5.82 Å². The summed E-state index contributed by atoms with van der Waals surface area (Å²) in [5, 5.41) is 3.06. The van der Waals surface area contributed by atoms with E-state index in [1.807, 2.05) is 29.5 Å². The van der Waals surface area contributed by atoms with E-state index in [0.29, 0.717) is 22.2 Å². The van der Waals surface area contributed by atoms with E-state index in [1.165, 1.54) is 18.2 Å². The molecule has 1 aromatic carbocycles.